The molecule has 3 rings (SSSR count). The van der Waals surface area contributed by atoms with Crippen molar-refractivity contribution in [1.82, 2.24) is 0 Å². The number of fused-ring (bicyclic) bond motifs is 1. The second-order valence-electron chi connectivity index (χ2n) is 5.67. The molecule has 0 fully saturated rings. The predicted octanol–water partition coefficient (Wildman–Crippen LogP) is 4.40. The Bertz CT molecular complexity index is 860. The quantitative estimate of drug-likeness (QED) is 0.539. The Kier molecular flexibility index (Phi) is 5.24. The molecule has 0 spiro atoms. The molecule has 3 aromatic rings. The summed E-state index contributed by atoms with van der Waals surface area (Å²) in [6.07, 6.45) is 4.72. The van der Waals surface area contributed by atoms with E-state index in [1.54, 1.807) is 6.07 Å². The van der Waals surface area contributed by atoms with E-state index in [-0.39, 0.29) is 6.61 Å². The Hall–Kier alpha value is -1.81. The molecule has 0 atom stereocenters. The molecule has 0 amide bonds. The van der Waals surface area contributed by atoms with Gasteiger partial charge in [0.1, 0.15) is 12.8 Å². The number of aliphatic hydroxyl groups is 1. The minimum atomic E-state index is 0.127. The van der Waals surface area contributed by atoms with Gasteiger partial charge in [0.15, 0.2) is 12.4 Å². The summed E-state index contributed by atoms with van der Waals surface area (Å²) in [6, 6.07) is 11.5. The summed E-state index contributed by atoms with van der Waals surface area (Å²) in [5, 5.41) is 12.2. The van der Waals surface area contributed by atoms with Gasteiger partial charge in [-0.3, -0.25) is 0 Å². The zero-order chi connectivity index (χ0) is 17.1. The molecule has 3 nitrogen and oxygen atoms in total. The lowest BCUT2D eigenvalue weighted by Crippen LogP contribution is -2.26. The summed E-state index contributed by atoms with van der Waals surface area (Å²) in [7, 11) is 1.98. The number of hydrogen-bond acceptors (Lipinski definition) is 2. The predicted molar refractivity (Wildman–Crippen MR) is 97.8 cm³/mol. The van der Waals surface area contributed by atoms with Crippen LogP contribution in [-0.4, -0.2) is 18.3 Å². The van der Waals surface area contributed by atoms with Gasteiger partial charge < -0.3 is 9.84 Å². The van der Waals surface area contributed by atoms with Gasteiger partial charge in [-0.2, -0.15) is 0 Å². The van der Waals surface area contributed by atoms with Crippen molar-refractivity contribution in [3.63, 3.8) is 0 Å². The highest BCUT2D eigenvalue weighted by Gasteiger charge is 2.12. The lowest BCUT2D eigenvalue weighted by atomic mass is 10.0. The standard InChI is InChI=1S/C19H18Cl2NO2/c1-22-11-14-9-17(24-6-2-5-23)3-4-18(14)19(12-22)13-7-15(20)10-16(21)8-13/h3-4,7-12,23H,2,5-6H2,1H3/q+1. The zero-order valence-electron chi connectivity index (χ0n) is 13.3. The van der Waals surface area contributed by atoms with E-state index in [4.69, 9.17) is 33.0 Å². The molecule has 2 aromatic carbocycles. The normalized spacial score (nSPS) is 11.0. The van der Waals surface area contributed by atoms with Gasteiger partial charge in [0.2, 0.25) is 0 Å². The summed E-state index contributed by atoms with van der Waals surface area (Å²) in [4.78, 5) is 0. The third-order valence-electron chi connectivity index (χ3n) is 3.73. The number of rotatable bonds is 5. The Morgan fingerprint density at radius 3 is 2.50 bits per heavy atom. The molecule has 0 radical (unpaired) electrons. The first kappa shape index (κ1) is 17.0. The third kappa shape index (κ3) is 3.81. The van der Waals surface area contributed by atoms with Crippen LogP contribution in [0.5, 0.6) is 5.75 Å². The number of aryl methyl sites for hydroxylation is 1. The Morgan fingerprint density at radius 2 is 1.79 bits per heavy atom. The van der Waals surface area contributed by atoms with Crippen LogP contribution in [0.15, 0.2) is 48.8 Å². The fourth-order valence-corrected chi connectivity index (χ4v) is 3.23. The molecule has 0 aliphatic carbocycles. The van der Waals surface area contributed by atoms with E-state index in [1.807, 2.05) is 48.1 Å². The summed E-state index contributed by atoms with van der Waals surface area (Å²) in [5.41, 5.74) is 2.03. The maximum atomic E-state index is 8.85. The first-order chi connectivity index (χ1) is 11.6. The van der Waals surface area contributed by atoms with Crippen LogP contribution >= 0.6 is 23.2 Å². The second-order valence-corrected chi connectivity index (χ2v) is 6.54. The maximum absolute atomic E-state index is 8.85. The van der Waals surface area contributed by atoms with Crippen LogP contribution in [0, 0.1) is 0 Å². The van der Waals surface area contributed by atoms with Gasteiger partial charge in [0.25, 0.3) is 0 Å². The van der Waals surface area contributed by atoms with Crippen molar-refractivity contribution in [2.24, 2.45) is 7.05 Å². The van der Waals surface area contributed by atoms with Crippen molar-refractivity contribution in [1.29, 1.82) is 0 Å². The minimum Gasteiger partial charge on any atom is -0.493 e. The Balaban J connectivity index is 2.08. The van der Waals surface area contributed by atoms with Crippen molar-refractivity contribution in [2.45, 2.75) is 6.42 Å². The third-order valence-corrected chi connectivity index (χ3v) is 4.17. The van der Waals surface area contributed by atoms with Crippen molar-refractivity contribution in [3.05, 3.63) is 58.8 Å². The number of ether oxygens (including phenoxy) is 1. The first-order valence-electron chi connectivity index (χ1n) is 7.70. The maximum Gasteiger partial charge on any atom is 0.177 e. The molecule has 0 saturated carbocycles. The van der Waals surface area contributed by atoms with E-state index in [9.17, 15) is 0 Å². The fraction of sp³-hybridized carbons (Fsp3) is 0.211. The Morgan fingerprint density at radius 1 is 1.04 bits per heavy atom. The summed E-state index contributed by atoms with van der Waals surface area (Å²) in [5.74, 6) is 0.789. The van der Waals surface area contributed by atoms with Gasteiger partial charge in [0.05, 0.1) is 12.2 Å². The lowest BCUT2D eigenvalue weighted by Gasteiger charge is -2.09. The van der Waals surface area contributed by atoms with Gasteiger partial charge in [-0.05, 0) is 42.0 Å². The van der Waals surface area contributed by atoms with Gasteiger partial charge in [-0.15, -0.1) is 0 Å². The highest BCUT2D eigenvalue weighted by molar-refractivity contribution is 6.35. The number of pyridine rings is 1. The minimum absolute atomic E-state index is 0.127. The van der Waals surface area contributed by atoms with Crippen LogP contribution in [0.4, 0.5) is 0 Å². The van der Waals surface area contributed by atoms with E-state index in [2.05, 4.69) is 6.20 Å². The molecule has 0 aliphatic rings. The second kappa shape index (κ2) is 7.39. The van der Waals surface area contributed by atoms with Crippen molar-refractivity contribution >= 4 is 34.0 Å². The molecule has 1 N–H and O–H groups in total. The molecular weight excluding hydrogens is 345 g/mol. The topological polar surface area (TPSA) is 33.3 Å². The Labute approximate surface area is 151 Å². The number of aliphatic hydroxyl groups excluding tert-OH is 1. The van der Waals surface area contributed by atoms with Crippen LogP contribution in [0.1, 0.15) is 6.42 Å². The first-order valence-corrected chi connectivity index (χ1v) is 8.45. The van der Waals surface area contributed by atoms with Crippen LogP contribution in [0.3, 0.4) is 0 Å². The summed E-state index contributed by atoms with van der Waals surface area (Å²) in [6.45, 7) is 0.625. The smallest absolute Gasteiger partial charge is 0.177 e. The van der Waals surface area contributed by atoms with Crippen LogP contribution in [-0.2, 0) is 7.05 Å². The molecular formula is C19H18Cl2NO2+. The average Bonchev–Trinajstić information content (AvgIpc) is 2.53. The molecule has 1 heterocycles. The SMILES string of the molecule is C[n+]1cc(-c2cc(Cl)cc(Cl)c2)c2ccc(OCCCO)cc2c1. The van der Waals surface area contributed by atoms with Gasteiger partial charge in [-0.25, -0.2) is 4.57 Å². The van der Waals surface area contributed by atoms with E-state index >= 15 is 0 Å². The van der Waals surface area contributed by atoms with Crippen LogP contribution in [0.2, 0.25) is 10.0 Å². The molecule has 0 bridgehead atoms. The number of hydrogen-bond donors (Lipinski definition) is 1. The highest BCUT2D eigenvalue weighted by Crippen LogP contribution is 2.32. The van der Waals surface area contributed by atoms with E-state index in [1.165, 1.54) is 0 Å². The summed E-state index contributed by atoms with van der Waals surface area (Å²) >= 11 is 12.3. The van der Waals surface area contributed by atoms with E-state index in [0.717, 1.165) is 27.6 Å². The number of nitrogens with zero attached hydrogens (tertiary/aromatic N) is 1. The van der Waals surface area contributed by atoms with E-state index < -0.39 is 0 Å². The van der Waals surface area contributed by atoms with Crippen molar-refractivity contribution in [3.8, 4) is 16.9 Å². The lowest BCUT2D eigenvalue weighted by molar-refractivity contribution is -0.669. The number of benzene rings is 2. The fourth-order valence-electron chi connectivity index (χ4n) is 2.71. The molecule has 24 heavy (non-hydrogen) atoms. The van der Waals surface area contributed by atoms with Gasteiger partial charge >= 0.3 is 0 Å². The van der Waals surface area contributed by atoms with Crippen molar-refractivity contribution < 1.29 is 14.4 Å². The largest absolute Gasteiger partial charge is 0.493 e. The molecule has 124 valence electrons. The average molecular weight is 363 g/mol. The molecule has 0 aliphatic heterocycles. The molecule has 1 aromatic heterocycles. The number of halogens is 2. The molecule has 0 saturated heterocycles. The van der Waals surface area contributed by atoms with Crippen molar-refractivity contribution in [2.75, 3.05) is 13.2 Å². The van der Waals surface area contributed by atoms with Gasteiger partial charge in [0, 0.05) is 33.8 Å². The summed E-state index contributed by atoms with van der Waals surface area (Å²) < 4.78 is 7.67. The van der Waals surface area contributed by atoms with Crippen LogP contribution in [0.25, 0.3) is 21.9 Å². The monoisotopic (exact) mass is 362 g/mol. The van der Waals surface area contributed by atoms with Gasteiger partial charge in [-0.1, -0.05) is 23.2 Å². The molecule has 5 heteroatoms. The number of aromatic nitrogens is 1. The van der Waals surface area contributed by atoms with Crippen LogP contribution < -0.4 is 9.30 Å². The molecule has 0 unspecified atom stereocenters. The highest BCUT2D eigenvalue weighted by atomic mass is 35.5. The van der Waals surface area contributed by atoms with E-state index in [0.29, 0.717) is 23.1 Å². The zero-order valence-corrected chi connectivity index (χ0v) is 14.8.